The summed E-state index contributed by atoms with van der Waals surface area (Å²) in [6, 6.07) is 9.30. The molecule has 18 heteroatoms. The number of carbonyl (C=O) groups is 9. The Morgan fingerprint density at radius 2 is 1.00 bits per heavy atom. The lowest BCUT2D eigenvalue weighted by molar-refractivity contribution is -0.158. The zero-order valence-corrected chi connectivity index (χ0v) is 45.1. The van der Waals surface area contributed by atoms with Gasteiger partial charge in [-0.3, -0.25) is 38.4 Å². The van der Waals surface area contributed by atoms with Crippen LogP contribution in [-0.2, 0) is 75.1 Å². The second kappa shape index (κ2) is 27.5. The molecule has 0 bridgehead atoms. The molecule has 0 aliphatic rings. The minimum Gasteiger partial charge on any atom is -0.460 e. The molecule has 0 spiro atoms. The number of esters is 4. The highest BCUT2D eigenvalue weighted by molar-refractivity contribution is 5.97. The Labute approximate surface area is 425 Å². The number of hydrogen-bond donors (Lipinski definition) is 5. The zero-order valence-electron chi connectivity index (χ0n) is 45.1. The van der Waals surface area contributed by atoms with Crippen molar-refractivity contribution in [2.24, 2.45) is 11.3 Å². The summed E-state index contributed by atoms with van der Waals surface area (Å²) in [5.74, 6) is -7.12. The smallest absolute Gasteiger partial charge is 0.328 e. The maximum atomic E-state index is 14.6. The molecule has 0 heterocycles. The van der Waals surface area contributed by atoms with Crippen molar-refractivity contribution in [3.63, 3.8) is 0 Å². The predicted octanol–water partition coefficient (Wildman–Crippen LogP) is 5.77. The number of aryl methyl sites for hydroxylation is 1. The Balaban J connectivity index is 2.57. The summed E-state index contributed by atoms with van der Waals surface area (Å²) in [7, 11) is 0. The molecule has 0 unspecified atom stereocenters. The molecule has 0 fully saturated rings. The van der Waals surface area contributed by atoms with E-state index in [2.05, 4.69) is 26.6 Å². The van der Waals surface area contributed by atoms with E-state index in [1.54, 1.807) is 113 Å². The van der Waals surface area contributed by atoms with Gasteiger partial charge in [-0.25, -0.2) is 4.79 Å². The van der Waals surface area contributed by atoms with Crippen LogP contribution in [0.5, 0.6) is 0 Å². The fourth-order valence-corrected chi connectivity index (χ4v) is 7.06. The van der Waals surface area contributed by atoms with Crippen molar-refractivity contribution >= 4 is 53.4 Å². The average Bonchev–Trinajstić information content (AvgIpc) is 3.23. The zero-order chi connectivity index (χ0) is 54.8. The van der Waals surface area contributed by atoms with E-state index in [4.69, 9.17) is 18.9 Å². The van der Waals surface area contributed by atoms with Crippen molar-refractivity contribution in [2.75, 3.05) is 0 Å². The molecule has 2 rings (SSSR count). The lowest BCUT2D eigenvalue weighted by Crippen LogP contribution is -2.61. The number of hydrogen-bond acceptors (Lipinski definition) is 13. The Kier molecular flexibility index (Phi) is 23.6. The van der Waals surface area contributed by atoms with Gasteiger partial charge in [0.15, 0.2) is 0 Å². The fraction of sp³-hybridized carbons (Fsp3) is 0.611. The van der Waals surface area contributed by atoms with Gasteiger partial charge in [0.25, 0.3) is 0 Å². The van der Waals surface area contributed by atoms with E-state index >= 15 is 0 Å². The van der Waals surface area contributed by atoms with Crippen LogP contribution in [0.15, 0.2) is 54.6 Å². The van der Waals surface area contributed by atoms with Gasteiger partial charge in [0.05, 0.1) is 12.8 Å². The van der Waals surface area contributed by atoms with Gasteiger partial charge in [-0.2, -0.15) is 0 Å². The number of carbonyl (C=O) groups excluding carboxylic acids is 9. The van der Waals surface area contributed by atoms with Crippen molar-refractivity contribution in [1.29, 1.82) is 0 Å². The number of amides is 5. The van der Waals surface area contributed by atoms with Crippen molar-refractivity contribution in [2.45, 2.75) is 202 Å². The van der Waals surface area contributed by atoms with E-state index in [9.17, 15) is 43.2 Å². The number of ether oxygens (including phenoxy) is 4. The standard InChI is InChI=1S/C54H81N5O13/c1-33(2)29-40(50(68)69-32-35-22-17-16-18-23-35)58-49(67)45(51(4,5)6)59-48(66)38(30-36-24-20-19-21-34(36)3)57-46(64)37(25-27-42(61)70-52(7,8)9)56-47(65)39(31-44(63)72-54(13,14)15)55-41(60)26-28-43(62)71-53(10,11)12/h16-24,33,37-40,45H,25-32H2,1-15H3,(H,55,60)(H,56,65)(H,57,64)(H,58,67)(H,59,66)/t37-,38-,39-,40-,45+/m0/s1. The molecule has 0 saturated heterocycles. The summed E-state index contributed by atoms with van der Waals surface area (Å²) >= 11 is 0. The maximum Gasteiger partial charge on any atom is 0.328 e. The second-order valence-electron chi connectivity index (χ2n) is 22.5. The van der Waals surface area contributed by atoms with Crippen LogP contribution in [0.1, 0.15) is 152 Å². The van der Waals surface area contributed by atoms with E-state index in [-0.39, 0.29) is 44.6 Å². The fourth-order valence-electron chi connectivity index (χ4n) is 7.06. The Hall–Kier alpha value is -6.33. The Morgan fingerprint density at radius 1 is 0.514 bits per heavy atom. The van der Waals surface area contributed by atoms with Crippen LogP contribution in [0.2, 0.25) is 0 Å². The molecule has 5 N–H and O–H groups in total. The molecule has 0 aliphatic carbocycles. The van der Waals surface area contributed by atoms with Crippen LogP contribution in [0.25, 0.3) is 0 Å². The van der Waals surface area contributed by atoms with E-state index in [0.29, 0.717) is 5.56 Å². The maximum absolute atomic E-state index is 14.6. The van der Waals surface area contributed by atoms with Crippen molar-refractivity contribution in [3.05, 3.63) is 71.3 Å². The van der Waals surface area contributed by atoms with E-state index in [1.165, 1.54) is 0 Å². The molecule has 5 atom stereocenters. The topological polar surface area (TPSA) is 251 Å². The molecule has 2 aromatic rings. The molecule has 0 saturated carbocycles. The van der Waals surface area contributed by atoms with Gasteiger partial charge in [0.2, 0.25) is 29.5 Å². The van der Waals surface area contributed by atoms with Gasteiger partial charge in [-0.05, 0) is 110 Å². The van der Waals surface area contributed by atoms with Gasteiger partial charge < -0.3 is 45.5 Å². The van der Waals surface area contributed by atoms with Gasteiger partial charge in [-0.1, -0.05) is 89.2 Å². The highest BCUT2D eigenvalue weighted by Gasteiger charge is 2.39. The van der Waals surface area contributed by atoms with E-state index in [1.807, 2.05) is 45.0 Å². The third kappa shape index (κ3) is 24.7. The summed E-state index contributed by atoms with van der Waals surface area (Å²) in [5, 5.41) is 13.4. The first-order chi connectivity index (χ1) is 33.1. The Bertz CT molecular complexity index is 2180. The minimum absolute atomic E-state index is 0.0159. The molecular formula is C54H81N5O13. The predicted molar refractivity (Wildman–Crippen MR) is 270 cm³/mol. The normalized spacial score (nSPS) is 14.0. The lowest BCUT2D eigenvalue weighted by Gasteiger charge is -2.33. The quantitative estimate of drug-likeness (QED) is 0.0620. The molecule has 72 heavy (non-hydrogen) atoms. The van der Waals surface area contributed by atoms with Gasteiger partial charge >= 0.3 is 23.9 Å². The molecule has 18 nitrogen and oxygen atoms in total. The minimum atomic E-state index is -1.63. The third-order valence-electron chi connectivity index (χ3n) is 10.4. The second-order valence-corrected chi connectivity index (χ2v) is 22.5. The third-order valence-corrected chi connectivity index (χ3v) is 10.4. The van der Waals surface area contributed by atoms with Crippen LogP contribution in [0.4, 0.5) is 0 Å². The summed E-state index contributed by atoms with van der Waals surface area (Å²) in [4.78, 5) is 123. The van der Waals surface area contributed by atoms with Crippen molar-refractivity contribution in [3.8, 4) is 0 Å². The highest BCUT2D eigenvalue weighted by Crippen LogP contribution is 2.22. The summed E-state index contributed by atoms with van der Waals surface area (Å²) < 4.78 is 21.8. The molecule has 0 aliphatic heterocycles. The van der Waals surface area contributed by atoms with Crippen LogP contribution < -0.4 is 26.6 Å². The number of nitrogens with one attached hydrogen (secondary N) is 5. The molecule has 400 valence electrons. The monoisotopic (exact) mass is 1010 g/mol. The molecular weight excluding hydrogens is 927 g/mol. The van der Waals surface area contributed by atoms with Gasteiger partial charge in [0, 0.05) is 19.3 Å². The highest BCUT2D eigenvalue weighted by atomic mass is 16.6. The van der Waals surface area contributed by atoms with Gasteiger partial charge in [-0.15, -0.1) is 0 Å². The number of benzene rings is 2. The summed E-state index contributed by atoms with van der Waals surface area (Å²) in [6.07, 6.45) is -2.03. The first kappa shape index (κ1) is 61.8. The first-order valence-electron chi connectivity index (χ1n) is 24.5. The first-order valence-corrected chi connectivity index (χ1v) is 24.5. The molecule has 0 aromatic heterocycles. The van der Waals surface area contributed by atoms with Crippen LogP contribution in [-0.4, -0.2) is 100 Å². The number of rotatable bonds is 24. The molecule has 2 aromatic carbocycles. The van der Waals surface area contributed by atoms with Crippen LogP contribution >= 0.6 is 0 Å². The Morgan fingerprint density at radius 3 is 1.54 bits per heavy atom. The molecule has 0 radical (unpaired) electrons. The average molecular weight is 1010 g/mol. The largest absolute Gasteiger partial charge is 0.460 e. The van der Waals surface area contributed by atoms with Crippen molar-refractivity contribution < 1.29 is 62.1 Å². The van der Waals surface area contributed by atoms with Gasteiger partial charge in [0.1, 0.15) is 53.6 Å². The lowest BCUT2D eigenvalue weighted by atomic mass is 9.85. The summed E-state index contributed by atoms with van der Waals surface area (Å²) in [5.41, 5.74) is -1.44. The van der Waals surface area contributed by atoms with E-state index < -0.39 is 119 Å². The SMILES string of the molecule is Cc1ccccc1C[C@H](NC(=O)[C@H](CCC(=O)OC(C)(C)C)NC(=O)[C@H](CC(=O)OC(C)(C)C)NC(=O)CCC(=O)OC(C)(C)C)C(=O)N[C@H](C(=O)N[C@@H](CC(C)C)C(=O)OCc1ccccc1)C(C)(C)C. The van der Waals surface area contributed by atoms with Crippen LogP contribution in [0, 0.1) is 18.3 Å². The summed E-state index contributed by atoms with van der Waals surface area (Å²) in [6.45, 7) is 25.6. The van der Waals surface area contributed by atoms with Crippen LogP contribution in [0.3, 0.4) is 0 Å². The van der Waals surface area contributed by atoms with Crippen molar-refractivity contribution in [1.82, 2.24) is 26.6 Å². The molecule has 5 amide bonds. The van der Waals surface area contributed by atoms with E-state index in [0.717, 1.165) is 11.1 Å².